The van der Waals surface area contributed by atoms with Crippen LogP contribution in [-0.2, 0) is 17.6 Å². The maximum atomic E-state index is 5.62. The van der Waals surface area contributed by atoms with Crippen molar-refractivity contribution < 1.29 is 9.15 Å². The van der Waals surface area contributed by atoms with Gasteiger partial charge in [0.25, 0.3) is 0 Å². The van der Waals surface area contributed by atoms with E-state index in [1.807, 2.05) is 0 Å². The lowest BCUT2D eigenvalue weighted by Crippen LogP contribution is -2.37. The maximum absolute atomic E-state index is 5.62. The van der Waals surface area contributed by atoms with Crippen molar-refractivity contribution in [3.63, 3.8) is 0 Å². The Bertz CT molecular complexity index is 365. The quantitative estimate of drug-likeness (QED) is 0.866. The molecule has 5 nitrogen and oxygen atoms in total. The Balaban J connectivity index is 1.75. The van der Waals surface area contributed by atoms with Crippen LogP contribution in [0.2, 0.25) is 0 Å². The molecule has 1 saturated heterocycles. The molecule has 18 heavy (non-hydrogen) atoms. The predicted molar refractivity (Wildman–Crippen MR) is 68.4 cm³/mol. The van der Waals surface area contributed by atoms with E-state index in [0.29, 0.717) is 11.8 Å². The monoisotopic (exact) mass is 253 g/mol. The summed E-state index contributed by atoms with van der Waals surface area (Å²) in [6.45, 7) is 8.14. The van der Waals surface area contributed by atoms with Gasteiger partial charge in [-0.15, -0.1) is 10.2 Å². The van der Waals surface area contributed by atoms with Crippen LogP contribution in [0.4, 0.5) is 0 Å². The van der Waals surface area contributed by atoms with E-state index in [-0.39, 0.29) is 11.6 Å². The van der Waals surface area contributed by atoms with Gasteiger partial charge in [-0.3, -0.25) is 0 Å². The third-order valence-electron chi connectivity index (χ3n) is 2.93. The zero-order chi connectivity index (χ0) is 13.0. The highest BCUT2D eigenvalue weighted by atomic mass is 16.5. The highest BCUT2D eigenvalue weighted by Gasteiger charge is 2.19. The molecule has 102 valence electrons. The number of nitrogens with one attached hydrogen (secondary N) is 1. The summed E-state index contributed by atoms with van der Waals surface area (Å²) in [6, 6.07) is 0. The van der Waals surface area contributed by atoms with Gasteiger partial charge in [0.05, 0.1) is 12.5 Å². The molecule has 2 rings (SSSR count). The maximum Gasteiger partial charge on any atom is 0.219 e. The van der Waals surface area contributed by atoms with Crippen LogP contribution in [0.3, 0.4) is 0 Å². The van der Waals surface area contributed by atoms with Gasteiger partial charge in [0.1, 0.15) is 0 Å². The third kappa shape index (κ3) is 4.38. The Morgan fingerprint density at radius 3 is 2.72 bits per heavy atom. The zero-order valence-corrected chi connectivity index (χ0v) is 11.5. The Kier molecular flexibility index (Phi) is 4.35. The lowest BCUT2D eigenvalue weighted by molar-refractivity contribution is 0.105. The Morgan fingerprint density at radius 2 is 2.06 bits per heavy atom. The van der Waals surface area contributed by atoms with Crippen LogP contribution in [0.5, 0.6) is 0 Å². The minimum Gasteiger partial charge on any atom is -0.425 e. The van der Waals surface area contributed by atoms with Crippen molar-refractivity contribution >= 4 is 0 Å². The Hall–Kier alpha value is -0.940. The fourth-order valence-corrected chi connectivity index (χ4v) is 2.02. The summed E-state index contributed by atoms with van der Waals surface area (Å²) in [5, 5.41) is 11.5. The molecule has 0 amide bonds. The van der Waals surface area contributed by atoms with E-state index in [4.69, 9.17) is 9.15 Å². The van der Waals surface area contributed by atoms with Crippen molar-refractivity contribution in [1.29, 1.82) is 0 Å². The molecule has 0 saturated carbocycles. The molecule has 1 fully saturated rings. The van der Waals surface area contributed by atoms with E-state index < -0.39 is 0 Å². The number of hydrogen-bond donors (Lipinski definition) is 1. The second kappa shape index (κ2) is 5.80. The smallest absolute Gasteiger partial charge is 0.219 e. The van der Waals surface area contributed by atoms with E-state index in [9.17, 15) is 0 Å². The van der Waals surface area contributed by atoms with Crippen LogP contribution in [0.1, 0.15) is 45.4 Å². The first-order chi connectivity index (χ1) is 8.53. The third-order valence-corrected chi connectivity index (χ3v) is 2.93. The Labute approximate surface area is 108 Å². The van der Waals surface area contributed by atoms with Crippen molar-refractivity contribution in [1.82, 2.24) is 15.5 Å². The van der Waals surface area contributed by atoms with Gasteiger partial charge in [0.2, 0.25) is 11.8 Å². The summed E-state index contributed by atoms with van der Waals surface area (Å²) < 4.78 is 11.2. The van der Waals surface area contributed by atoms with Gasteiger partial charge in [-0.05, 0) is 33.6 Å². The van der Waals surface area contributed by atoms with E-state index in [1.165, 1.54) is 0 Å². The lowest BCUT2D eigenvalue weighted by atomic mass is 10.1. The highest BCUT2D eigenvalue weighted by molar-refractivity contribution is 4.87. The molecule has 1 N–H and O–H groups in total. The highest BCUT2D eigenvalue weighted by Crippen LogP contribution is 2.16. The summed E-state index contributed by atoms with van der Waals surface area (Å²) in [5.41, 5.74) is 0.126. The molecule has 5 heteroatoms. The molecule has 0 radical (unpaired) electrons. The normalized spacial score (nSPS) is 20.5. The Morgan fingerprint density at radius 1 is 1.28 bits per heavy atom. The van der Waals surface area contributed by atoms with E-state index in [2.05, 4.69) is 36.3 Å². The molecular formula is C13H23N3O2. The molecule has 0 bridgehead atoms. The fraction of sp³-hybridized carbons (Fsp3) is 0.846. The average molecular weight is 253 g/mol. The van der Waals surface area contributed by atoms with Crippen LogP contribution in [0.15, 0.2) is 4.42 Å². The largest absolute Gasteiger partial charge is 0.425 e. The SMILES string of the molecule is CC(C)(C)NCCc1nnc(CC2CCCO2)o1. The van der Waals surface area contributed by atoms with Gasteiger partial charge >= 0.3 is 0 Å². The molecule has 1 aliphatic rings. The van der Waals surface area contributed by atoms with E-state index in [1.54, 1.807) is 0 Å². The summed E-state index contributed by atoms with van der Waals surface area (Å²) in [4.78, 5) is 0. The van der Waals surface area contributed by atoms with Gasteiger partial charge < -0.3 is 14.5 Å². The first-order valence-corrected chi connectivity index (χ1v) is 6.71. The molecule has 0 aliphatic carbocycles. The molecule has 1 aromatic heterocycles. The van der Waals surface area contributed by atoms with Crippen molar-refractivity contribution in [2.45, 2.75) is 58.1 Å². The molecular weight excluding hydrogens is 230 g/mol. The number of rotatable bonds is 5. The van der Waals surface area contributed by atoms with Crippen molar-refractivity contribution in [2.24, 2.45) is 0 Å². The van der Waals surface area contributed by atoms with Crippen LogP contribution < -0.4 is 5.32 Å². The second-order valence-electron chi connectivity index (χ2n) is 5.86. The molecule has 0 spiro atoms. The molecule has 1 atom stereocenters. The van der Waals surface area contributed by atoms with Crippen molar-refractivity contribution in [2.75, 3.05) is 13.2 Å². The summed E-state index contributed by atoms with van der Waals surface area (Å²) in [5.74, 6) is 1.41. The number of aromatic nitrogens is 2. The van der Waals surface area contributed by atoms with Crippen LogP contribution in [-0.4, -0.2) is 35.0 Å². The van der Waals surface area contributed by atoms with Crippen molar-refractivity contribution in [3.05, 3.63) is 11.8 Å². The number of hydrogen-bond acceptors (Lipinski definition) is 5. The average Bonchev–Trinajstić information content (AvgIpc) is 2.89. The summed E-state index contributed by atoms with van der Waals surface area (Å²) in [7, 11) is 0. The fourth-order valence-electron chi connectivity index (χ4n) is 2.02. The van der Waals surface area contributed by atoms with Crippen molar-refractivity contribution in [3.8, 4) is 0 Å². The molecule has 1 aromatic rings. The van der Waals surface area contributed by atoms with Gasteiger partial charge in [0.15, 0.2) is 0 Å². The second-order valence-corrected chi connectivity index (χ2v) is 5.86. The van der Waals surface area contributed by atoms with Crippen LogP contribution in [0.25, 0.3) is 0 Å². The van der Waals surface area contributed by atoms with Gasteiger partial charge in [-0.1, -0.05) is 0 Å². The standard InChI is InChI=1S/C13H23N3O2/c1-13(2,3)14-7-6-11-15-16-12(18-11)9-10-5-4-8-17-10/h10,14H,4-9H2,1-3H3. The first kappa shape index (κ1) is 13.5. The molecule has 1 aliphatic heterocycles. The van der Waals surface area contributed by atoms with Crippen LogP contribution in [0, 0.1) is 0 Å². The van der Waals surface area contributed by atoms with Gasteiger partial charge in [-0.2, -0.15) is 0 Å². The van der Waals surface area contributed by atoms with Gasteiger partial charge in [-0.25, -0.2) is 0 Å². The van der Waals surface area contributed by atoms with Crippen LogP contribution >= 0.6 is 0 Å². The molecule has 2 heterocycles. The summed E-state index contributed by atoms with van der Waals surface area (Å²) in [6.07, 6.45) is 4.03. The minimum atomic E-state index is 0.126. The molecule has 0 aromatic carbocycles. The van der Waals surface area contributed by atoms with E-state index >= 15 is 0 Å². The summed E-state index contributed by atoms with van der Waals surface area (Å²) >= 11 is 0. The first-order valence-electron chi connectivity index (χ1n) is 6.71. The topological polar surface area (TPSA) is 60.2 Å². The number of ether oxygens (including phenoxy) is 1. The molecule has 1 unspecified atom stereocenters. The van der Waals surface area contributed by atoms with E-state index in [0.717, 1.165) is 38.8 Å². The van der Waals surface area contributed by atoms with Gasteiger partial charge in [0, 0.05) is 25.1 Å². The minimum absolute atomic E-state index is 0.126. The lowest BCUT2D eigenvalue weighted by Gasteiger charge is -2.19. The zero-order valence-electron chi connectivity index (χ0n) is 11.5. The predicted octanol–water partition coefficient (Wildman–Crippen LogP) is 1.72. The number of nitrogens with zero attached hydrogens (tertiary/aromatic N) is 2.